The summed E-state index contributed by atoms with van der Waals surface area (Å²) in [6.07, 6.45) is 4.10. The number of fused-ring (bicyclic) bond motifs is 1. The van der Waals surface area contributed by atoms with E-state index in [0.717, 1.165) is 48.4 Å². The van der Waals surface area contributed by atoms with Crippen LogP contribution in [-0.4, -0.2) is 33.0 Å². The van der Waals surface area contributed by atoms with Gasteiger partial charge in [-0.05, 0) is 62.1 Å². The van der Waals surface area contributed by atoms with E-state index in [-0.39, 0.29) is 17.1 Å². The molecule has 1 amide bonds. The molecule has 7 nitrogen and oxygen atoms in total. The van der Waals surface area contributed by atoms with Gasteiger partial charge in [-0.1, -0.05) is 51.1 Å². The smallest absolute Gasteiger partial charge is 0.235 e. The average molecular weight is 538 g/mol. The molecule has 196 valence electrons. The van der Waals surface area contributed by atoms with E-state index in [9.17, 15) is 10.1 Å². The Morgan fingerprint density at radius 2 is 2.08 bits per heavy atom. The minimum Gasteiger partial charge on any atom is -0.493 e. The van der Waals surface area contributed by atoms with Crippen molar-refractivity contribution >= 4 is 34.0 Å². The summed E-state index contributed by atoms with van der Waals surface area (Å²) in [5.41, 5.74) is 2.91. The van der Waals surface area contributed by atoms with E-state index in [2.05, 4.69) is 42.4 Å². The highest BCUT2D eigenvalue weighted by atomic mass is 32.2. The molecule has 0 fully saturated rings. The molecule has 37 heavy (non-hydrogen) atoms. The second-order valence-electron chi connectivity index (χ2n) is 9.92. The highest BCUT2D eigenvalue weighted by molar-refractivity contribution is 7.99. The Morgan fingerprint density at radius 3 is 2.78 bits per heavy atom. The van der Waals surface area contributed by atoms with E-state index in [1.807, 2.05) is 42.7 Å². The number of nitrogens with one attached hydrogen (secondary N) is 1. The van der Waals surface area contributed by atoms with Crippen molar-refractivity contribution in [3.8, 4) is 23.2 Å². The molecule has 1 aliphatic rings. The van der Waals surface area contributed by atoms with Crippen molar-refractivity contribution in [3.63, 3.8) is 0 Å². The molecule has 0 radical (unpaired) electrons. The zero-order chi connectivity index (χ0) is 26.6. The number of nitriles is 1. The van der Waals surface area contributed by atoms with Crippen molar-refractivity contribution in [2.24, 2.45) is 11.3 Å². The van der Waals surface area contributed by atoms with E-state index in [1.54, 1.807) is 11.3 Å². The molecule has 0 bridgehead atoms. The number of para-hydroxylation sites is 1. The lowest BCUT2D eigenvalue weighted by Gasteiger charge is -2.36. The number of thioether (sulfide) groups is 1. The molecule has 2 aromatic heterocycles. The van der Waals surface area contributed by atoms with Crippen molar-refractivity contribution in [2.75, 3.05) is 17.7 Å². The maximum atomic E-state index is 12.9. The van der Waals surface area contributed by atoms with E-state index in [4.69, 9.17) is 4.74 Å². The first-order chi connectivity index (χ1) is 17.8. The lowest BCUT2D eigenvalue weighted by atomic mass is 9.69. The number of hydrogen-bond donors (Lipinski definition) is 1. The maximum Gasteiger partial charge on any atom is 0.235 e. The van der Waals surface area contributed by atoms with E-state index < -0.39 is 0 Å². The van der Waals surface area contributed by atoms with Crippen LogP contribution in [0.4, 0.5) is 5.00 Å². The monoisotopic (exact) mass is 537 g/mol. The fourth-order valence-electron chi connectivity index (χ4n) is 4.85. The SMILES string of the molecule is CCOc1ccccc1-c1nnc(SCC(=O)Nc2sc3c(c2C#N)CC[C@@H](C(C)(C)CC)C3)n1CC. The molecule has 3 aromatic rings. The summed E-state index contributed by atoms with van der Waals surface area (Å²) in [6.45, 7) is 12.1. The summed E-state index contributed by atoms with van der Waals surface area (Å²) in [5, 5.41) is 23.0. The number of rotatable bonds is 10. The van der Waals surface area contributed by atoms with Gasteiger partial charge in [0.25, 0.3) is 0 Å². The summed E-state index contributed by atoms with van der Waals surface area (Å²) >= 11 is 2.92. The highest BCUT2D eigenvalue weighted by Crippen LogP contribution is 2.45. The molecule has 0 saturated carbocycles. The third-order valence-electron chi connectivity index (χ3n) is 7.44. The standard InChI is InChI=1S/C28H35N5O2S2/c1-6-28(4,5)18-13-14-19-21(16-29)26(37-23(19)15-18)30-24(34)17-36-27-32-31-25(33(27)7-2)20-11-9-10-12-22(20)35-8-3/h9-12,18H,6-8,13-15,17H2,1-5H3,(H,30,34)/t18-/m1/s1. The van der Waals surface area contributed by atoms with E-state index >= 15 is 0 Å². The second-order valence-corrected chi connectivity index (χ2v) is 12.0. The number of amides is 1. The van der Waals surface area contributed by atoms with Gasteiger partial charge in [-0.2, -0.15) is 5.26 Å². The van der Waals surface area contributed by atoms with Gasteiger partial charge in [0.05, 0.1) is 23.5 Å². The normalized spacial score (nSPS) is 15.2. The maximum absolute atomic E-state index is 12.9. The lowest BCUT2D eigenvalue weighted by Crippen LogP contribution is -2.28. The second kappa shape index (κ2) is 11.7. The Labute approximate surface area is 227 Å². The Bertz CT molecular complexity index is 1300. The third kappa shape index (κ3) is 5.70. The third-order valence-corrected chi connectivity index (χ3v) is 9.58. The Morgan fingerprint density at radius 1 is 1.30 bits per heavy atom. The molecule has 9 heteroatoms. The number of thiophene rings is 1. The minimum atomic E-state index is -0.146. The molecular formula is C28H35N5O2S2. The molecule has 2 heterocycles. The van der Waals surface area contributed by atoms with Crippen LogP contribution in [0, 0.1) is 22.7 Å². The Kier molecular flexibility index (Phi) is 8.60. The topological polar surface area (TPSA) is 92.8 Å². The van der Waals surface area contributed by atoms with Gasteiger partial charge in [0.1, 0.15) is 16.8 Å². The molecule has 0 saturated heterocycles. The number of ether oxygens (including phenoxy) is 1. The van der Waals surface area contributed by atoms with Gasteiger partial charge in [0.15, 0.2) is 11.0 Å². The first-order valence-corrected chi connectivity index (χ1v) is 14.8. The quantitative estimate of drug-likeness (QED) is 0.294. The van der Waals surface area contributed by atoms with Gasteiger partial charge in [-0.25, -0.2) is 0 Å². The van der Waals surface area contributed by atoms with Gasteiger partial charge in [-0.3, -0.25) is 4.79 Å². The summed E-state index contributed by atoms with van der Waals surface area (Å²) in [6, 6.07) is 10.1. The molecule has 0 aliphatic heterocycles. The van der Waals surface area contributed by atoms with Gasteiger partial charge in [0.2, 0.25) is 5.91 Å². The van der Waals surface area contributed by atoms with Crippen LogP contribution in [0.25, 0.3) is 11.4 Å². The number of carbonyl (C=O) groups excluding carboxylic acids is 1. The summed E-state index contributed by atoms with van der Waals surface area (Å²) in [4.78, 5) is 14.2. The van der Waals surface area contributed by atoms with Crippen molar-refractivity contribution in [1.29, 1.82) is 5.26 Å². The molecule has 0 spiro atoms. The zero-order valence-corrected chi connectivity index (χ0v) is 23.9. The fraction of sp³-hybridized carbons (Fsp3) is 0.500. The Hall–Kier alpha value is -2.83. The van der Waals surface area contributed by atoms with E-state index in [1.165, 1.54) is 16.6 Å². The van der Waals surface area contributed by atoms with Crippen LogP contribution in [0.2, 0.25) is 0 Å². The highest BCUT2D eigenvalue weighted by Gasteiger charge is 2.34. The molecule has 1 aliphatic carbocycles. The summed E-state index contributed by atoms with van der Waals surface area (Å²) in [7, 11) is 0. The number of anilines is 1. The largest absolute Gasteiger partial charge is 0.493 e. The van der Waals surface area contributed by atoms with Crippen molar-refractivity contribution in [1.82, 2.24) is 14.8 Å². The van der Waals surface area contributed by atoms with Crippen LogP contribution in [-0.2, 0) is 24.2 Å². The van der Waals surface area contributed by atoms with Gasteiger partial charge < -0.3 is 14.6 Å². The van der Waals surface area contributed by atoms with Crippen molar-refractivity contribution in [2.45, 2.75) is 72.0 Å². The number of carbonyl (C=O) groups is 1. The number of hydrogen-bond acceptors (Lipinski definition) is 7. The molecular weight excluding hydrogens is 502 g/mol. The molecule has 0 unspecified atom stereocenters. The Balaban J connectivity index is 1.46. The van der Waals surface area contributed by atoms with Crippen molar-refractivity contribution in [3.05, 3.63) is 40.3 Å². The van der Waals surface area contributed by atoms with Crippen LogP contribution >= 0.6 is 23.1 Å². The predicted octanol–water partition coefficient (Wildman–Crippen LogP) is 6.57. The van der Waals surface area contributed by atoms with Crippen LogP contribution in [0.3, 0.4) is 0 Å². The number of benzene rings is 1. The first-order valence-electron chi connectivity index (χ1n) is 13.0. The molecule has 1 aromatic carbocycles. The van der Waals surface area contributed by atoms with Crippen LogP contribution < -0.4 is 10.1 Å². The van der Waals surface area contributed by atoms with Crippen LogP contribution in [0.5, 0.6) is 5.75 Å². The van der Waals surface area contributed by atoms with Gasteiger partial charge in [0, 0.05) is 11.4 Å². The van der Waals surface area contributed by atoms with Crippen LogP contribution in [0.15, 0.2) is 29.4 Å². The lowest BCUT2D eigenvalue weighted by molar-refractivity contribution is -0.113. The predicted molar refractivity (Wildman–Crippen MR) is 150 cm³/mol. The zero-order valence-electron chi connectivity index (χ0n) is 22.3. The summed E-state index contributed by atoms with van der Waals surface area (Å²) < 4.78 is 7.77. The minimum absolute atomic E-state index is 0.146. The van der Waals surface area contributed by atoms with Crippen LogP contribution in [0.1, 0.15) is 63.5 Å². The van der Waals surface area contributed by atoms with Gasteiger partial charge >= 0.3 is 0 Å². The fourth-order valence-corrected chi connectivity index (χ4v) is 6.95. The molecule has 1 N–H and O–H groups in total. The number of aromatic nitrogens is 3. The summed E-state index contributed by atoms with van der Waals surface area (Å²) in [5.74, 6) is 2.11. The number of nitrogens with zero attached hydrogens (tertiary/aromatic N) is 4. The van der Waals surface area contributed by atoms with Crippen molar-refractivity contribution < 1.29 is 9.53 Å². The molecule has 1 atom stereocenters. The van der Waals surface area contributed by atoms with Gasteiger partial charge in [-0.15, -0.1) is 21.5 Å². The first kappa shape index (κ1) is 27.2. The molecule has 4 rings (SSSR count). The average Bonchev–Trinajstić information content (AvgIpc) is 3.47. The van der Waals surface area contributed by atoms with E-state index in [0.29, 0.717) is 34.8 Å².